The fourth-order valence-corrected chi connectivity index (χ4v) is 6.57. The van der Waals surface area contributed by atoms with Crippen molar-refractivity contribution in [2.24, 2.45) is 29.1 Å². The van der Waals surface area contributed by atoms with Gasteiger partial charge >= 0.3 is 0 Å². The van der Waals surface area contributed by atoms with Gasteiger partial charge in [-0.25, -0.2) is 0 Å². The summed E-state index contributed by atoms with van der Waals surface area (Å²) in [6.45, 7) is 4.53. The Morgan fingerprint density at radius 1 is 1.30 bits per heavy atom. The maximum Gasteiger partial charge on any atom is 0.260 e. The van der Waals surface area contributed by atoms with E-state index < -0.39 is 0 Å². The molecule has 2 fully saturated rings. The summed E-state index contributed by atoms with van der Waals surface area (Å²) in [6.07, 6.45) is 7.89. The second-order valence-corrected chi connectivity index (χ2v) is 8.99. The summed E-state index contributed by atoms with van der Waals surface area (Å²) in [7, 11) is 0. The summed E-state index contributed by atoms with van der Waals surface area (Å²) in [4.78, 5) is 4.10. The molecule has 5 atom stereocenters. The van der Waals surface area contributed by atoms with Crippen molar-refractivity contribution < 1.29 is 13.5 Å². The minimum absolute atomic E-state index is 0.222. The summed E-state index contributed by atoms with van der Waals surface area (Å²) in [5, 5.41) is 9.62. The predicted octanol–water partition coefficient (Wildman–Crippen LogP) is 5.01. The first-order chi connectivity index (χ1) is 13.1. The number of hydrogen-bond acceptors (Lipinski definition) is 6. The van der Waals surface area contributed by atoms with E-state index in [2.05, 4.69) is 41.4 Å². The summed E-state index contributed by atoms with van der Waals surface area (Å²) >= 11 is 0.746. The average Bonchev–Trinajstić information content (AvgIpc) is 3.03. The highest BCUT2D eigenvalue weighted by atomic mass is 32.2. The number of fused-ring (bicyclic) bond motifs is 5. The van der Waals surface area contributed by atoms with Crippen molar-refractivity contribution in [2.45, 2.75) is 64.7 Å². The fraction of sp³-hybridized carbons (Fsp3) is 0.667. The third-order valence-electron chi connectivity index (χ3n) is 7.63. The zero-order valence-corrected chi connectivity index (χ0v) is 16.9. The van der Waals surface area contributed by atoms with Crippen molar-refractivity contribution in [3.63, 3.8) is 0 Å². The SMILES string of the molecule is CCc1cc2c(cc1OSOON)CC[C@@H]1[C@@H]2CC[C@]2(C)[C@@H](C#N)CC[C@@H]12. The lowest BCUT2D eigenvalue weighted by Gasteiger charge is -2.50. The van der Waals surface area contributed by atoms with Gasteiger partial charge in [-0.1, -0.05) is 19.9 Å². The van der Waals surface area contributed by atoms with Gasteiger partial charge in [0.1, 0.15) is 5.75 Å². The quantitative estimate of drug-likeness (QED) is 0.331. The van der Waals surface area contributed by atoms with Gasteiger partial charge in [-0.05, 0) is 90.9 Å². The number of nitrogens with zero attached hydrogens (tertiary/aromatic N) is 1. The highest BCUT2D eigenvalue weighted by Gasteiger charge is 2.54. The van der Waals surface area contributed by atoms with Crippen molar-refractivity contribution in [3.05, 3.63) is 28.8 Å². The van der Waals surface area contributed by atoms with E-state index >= 15 is 0 Å². The summed E-state index contributed by atoms with van der Waals surface area (Å²) in [5.41, 5.74) is 4.33. The summed E-state index contributed by atoms with van der Waals surface area (Å²) in [6, 6.07) is 7.15. The van der Waals surface area contributed by atoms with Crippen LogP contribution in [0.25, 0.3) is 0 Å². The molecule has 1 aromatic carbocycles. The van der Waals surface area contributed by atoms with E-state index in [1.807, 2.05) is 0 Å². The summed E-state index contributed by atoms with van der Waals surface area (Å²) in [5.74, 6) is 7.99. The highest BCUT2D eigenvalue weighted by molar-refractivity contribution is 7.90. The molecule has 2 N–H and O–H groups in total. The van der Waals surface area contributed by atoms with Crippen LogP contribution in [0.1, 0.15) is 68.6 Å². The average molecular weight is 389 g/mol. The number of hydrogen-bond donors (Lipinski definition) is 1. The molecule has 3 aliphatic carbocycles. The van der Waals surface area contributed by atoms with Crippen LogP contribution in [0, 0.1) is 34.5 Å². The Kier molecular flexibility index (Phi) is 5.39. The zero-order valence-electron chi connectivity index (χ0n) is 16.1. The third kappa shape index (κ3) is 3.15. The Hall–Kier alpha value is -1.26. The van der Waals surface area contributed by atoms with Gasteiger partial charge in [0.05, 0.1) is 12.0 Å². The molecule has 0 bridgehead atoms. The first-order valence-electron chi connectivity index (χ1n) is 10.0. The molecule has 0 spiro atoms. The maximum absolute atomic E-state index is 9.62. The molecule has 0 unspecified atom stereocenters. The van der Waals surface area contributed by atoms with Gasteiger partial charge < -0.3 is 4.18 Å². The van der Waals surface area contributed by atoms with Crippen LogP contribution in [0.3, 0.4) is 0 Å². The minimum atomic E-state index is 0.222. The lowest BCUT2D eigenvalue weighted by molar-refractivity contribution is -0.199. The Balaban J connectivity index is 1.62. The number of benzene rings is 1. The molecule has 0 amide bonds. The summed E-state index contributed by atoms with van der Waals surface area (Å²) < 4.78 is 10.2. The van der Waals surface area contributed by atoms with Crippen LogP contribution in [0.2, 0.25) is 0 Å². The molecule has 0 radical (unpaired) electrons. The molecular weight excluding hydrogens is 360 g/mol. The zero-order chi connectivity index (χ0) is 19.0. The highest BCUT2D eigenvalue weighted by Crippen LogP contribution is 2.63. The van der Waals surface area contributed by atoms with E-state index in [9.17, 15) is 5.26 Å². The van der Waals surface area contributed by atoms with E-state index in [0.29, 0.717) is 11.8 Å². The van der Waals surface area contributed by atoms with Gasteiger partial charge in [0.2, 0.25) is 0 Å². The number of nitriles is 1. The lowest BCUT2D eigenvalue weighted by atomic mass is 9.54. The number of aryl methyl sites for hydroxylation is 2. The van der Waals surface area contributed by atoms with Gasteiger partial charge in [0.15, 0.2) is 0 Å². The normalized spacial score (nSPS) is 34.3. The van der Waals surface area contributed by atoms with Gasteiger partial charge in [0, 0.05) is 0 Å². The number of rotatable bonds is 5. The van der Waals surface area contributed by atoms with Crippen molar-refractivity contribution >= 4 is 12.3 Å². The number of nitrogens with two attached hydrogens (primary N) is 1. The van der Waals surface area contributed by atoms with E-state index in [-0.39, 0.29) is 11.3 Å². The monoisotopic (exact) mass is 388 g/mol. The molecule has 0 aliphatic heterocycles. The molecule has 146 valence electrons. The standard InChI is InChI=1S/C21H28N2O3S/c1-3-13-10-18-14(11-20(13)24-27-26-25-23)4-6-17-16(18)8-9-21(2)15(12-22)5-7-19(17)21/h10-11,15-17,19H,3-9,23H2,1-2H3/t15-,16+,17-,19+,21-/m1/s1. The van der Waals surface area contributed by atoms with Crippen LogP contribution < -0.4 is 10.1 Å². The molecule has 4 rings (SSSR count). The van der Waals surface area contributed by atoms with E-state index in [0.717, 1.165) is 43.3 Å². The van der Waals surface area contributed by atoms with Crippen molar-refractivity contribution in [3.8, 4) is 11.8 Å². The molecule has 27 heavy (non-hydrogen) atoms. The molecule has 0 saturated heterocycles. The van der Waals surface area contributed by atoms with Crippen molar-refractivity contribution in [1.82, 2.24) is 0 Å². The molecule has 1 aromatic rings. The van der Waals surface area contributed by atoms with Crippen LogP contribution in [0.5, 0.6) is 5.75 Å². The van der Waals surface area contributed by atoms with Crippen LogP contribution in [-0.4, -0.2) is 0 Å². The first-order valence-corrected chi connectivity index (χ1v) is 10.7. The van der Waals surface area contributed by atoms with Crippen molar-refractivity contribution in [2.75, 3.05) is 0 Å². The van der Waals surface area contributed by atoms with Gasteiger partial charge in [-0.15, -0.1) is 9.32 Å². The fourth-order valence-electron chi connectivity index (χ4n) is 6.28. The Morgan fingerprint density at radius 2 is 2.15 bits per heavy atom. The molecule has 6 heteroatoms. The predicted molar refractivity (Wildman–Crippen MR) is 104 cm³/mol. The lowest BCUT2D eigenvalue weighted by Crippen LogP contribution is -2.42. The Morgan fingerprint density at radius 3 is 2.89 bits per heavy atom. The largest absolute Gasteiger partial charge is 0.398 e. The Labute approximate surface area is 165 Å². The van der Waals surface area contributed by atoms with Gasteiger partial charge in [-0.3, -0.25) is 0 Å². The molecule has 0 aromatic heterocycles. The van der Waals surface area contributed by atoms with Gasteiger partial charge in [-0.2, -0.15) is 11.2 Å². The topological polar surface area (TPSA) is 77.5 Å². The first kappa shape index (κ1) is 19.1. The smallest absolute Gasteiger partial charge is 0.260 e. The van der Waals surface area contributed by atoms with Crippen LogP contribution >= 0.6 is 12.3 Å². The molecule has 0 heterocycles. The second kappa shape index (κ2) is 7.63. The molecule has 3 aliphatic rings. The third-order valence-corrected chi connectivity index (χ3v) is 8.02. The van der Waals surface area contributed by atoms with Crippen molar-refractivity contribution in [1.29, 1.82) is 5.26 Å². The van der Waals surface area contributed by atoms with E-state index in [4.69, 9.17) is 10.1 Å². The van der Waals surface area contributed by atoms with E-state index in [1.54, 1.807) is 0 Å². The van der Waals surface area contributed by atoms with Crippen LogP contribution in [0.15, 0.2) is 12.1 Å². The molecule has 5 nitrogen and oxygen atoms in total. The van der Waals surface area contributed by atoms with Crippen LogP contribution in [-0.2, 0) is 22.2 Å². The van der Waals surface area contributed by atoms with E-state index in [1.165, 1.54) is 42.4 Å². The molecule has 2 saturated carbocycles. The van der Waals surface area contributed by atoms with Gasteiger partial charge in [0.25, 0.3) is 12.3 Å². The minimum Gasteiger partial charge on any atom is -0.398 e. The molecular formula is C21H28N2O3S. The Bertz CT molecular complexity index is 750. The second-order valence-electron chi connectivity index (χ2n) is 8.55. The maximum atomic E-state index is 9.62. The van der Waals surface area contributed by atoms with Crippen LogP contribution in [0.4, 0.5) is 0 Å².